The van der Waals surface area contributed by atoms with Crippen molar-refractivity contribution in [2.75, 3.05) is 30.7 Å². The zero-order chi connectivity index (χ0) is 13.8. The van der Waals surface area contributed by atoms with Crippen molar-refractivity contribution in [3.8, 4) is 0 Å². The maximum atomic E-state index is 11.6. The maximum Gasteiger partial charge on any atom is 0.302 e. The highest BCUT2D eigenvalue weighted by molar-refractivity contribution is 7.90. The molecular formula is C11H20N4O2S. The second-order valence-corrected chi connectivity index (χ2v) is 6.48. The summed E-state index contributed by atoms with van der Waals surface area (Å²) >= 11 is 0. The molecule has 0 saturated heterocycles. The van der Waals surface area contributed by atoms with Crippen LogP contribution in [0.25, 0.3) is 0 Å². The van der Waals surface area contributed by atoms with Crippen molar-refractivity contribution in [3.05, 3.63) is 18.3 Å². The van der Waals surface area contributed by atoms with Crippen molar-refractivity contribution in [3.63, 3.8) is 0 Å². The summed E-state index contributed by atoms with van der Waals surface area (Å²) in [6.45, 7) is 5.07. The molecule has 0 bridgehead atoms. The summed E-state index contributed by atoms with van der Waals surface area (Å²) in [5, 5.41) is 3.21. The third-order valence-electron chi connectivity index (χ3n) is 2.19. The van der Waals surface area contributed by atoms with Gasteiger partial charge in [-0.2, -0.15) is 12.7 Å². The molecule has 1 aromatic rings. The SMILES string of the molecule is CC(C)CNc1ccc(NS(=O)(=O)N(C)C)nc1. The Morgan fingerprint density at radius 2 is 2.00 bits per heavy atom. The fraction of sp³-hybridized carbons (Fsp3) is 0.545. The van der Waals surface area contributed by atoms with Crippen LogP contribution in [0.2, 0.25) is 0 Å². The van der Waals surface area contributed by atoms with Gasteiger partial charge in [-0.05, 0) is 18.1 Å². The molecule has 0 amide bonds. The van der Waals surface area contributed by atoms with Crippen molar-refractivity contribution in [2.45, 2.75) is 13.8 Å². The van der Waals surface area contributed by atoms with Gasteiger partial charge in [0.15, 0.2) is 0 Å². The van der Waals surface area contributed by atoms with Crippen LogP contribution in [0.15, 0.2) is 18.3 Å². The molecule has 7 heteroatoms. The Morgan fingerprint density at radius 1 is 1.33 bits per heavy atom. The smallest absolute Gasteiger partial charge is 0.302 e. The Bertz CT molecular complexity index is 468. The number of anilines is 2. The van der Waals surface area contributed by atoms with E-state index in [1.807, 2.05) is 0 Å². The fourth-order valence-electron chi connectivity index (χ4n) is 1.10. The van der Waals surface area contributed by atoms with Crippen LogP contribution in [-0.4, -0.2) is 38.3 Å². The molecule has 0 atom stereocenters. The van der Waals surface area contributed by atoms with Crippen LogP contribution in [0, 0.1) is 5.92 Å². The average molecular weight is 272 g/mol. The number of pyridine rings is 1. The average Bonchev–Trinajstić information content (AvgIpc) is 2.27. The third kappa shape index (κ3) is 4.50. The largest absolute Gasteiger partial charge is 0.384 e. The molecule has 0 unspecified atom stereocenters. The number of nitrogens with one attached hydrogen (secondary N) is 2. The summed E-state index contributed by atoms with van der Waals surface area (Å²) in [7, 11) is -0.571. The Morgan fingerprint density at radius 3 is 2.44 bits per heavy atom. The van der Waals surface area contributed by atoms with Crippen molar-refractivity contribution in [1.29, 1.82) is 0 Å². The van der Waals surface area contributed by atoms with Crippen LogP contribution in [0.1, 0.15) is 13.8 Å². The predicted octanol–water partition coefficient (Wildman–Crippen LogP) is 1.37. The van der Waals surface area contributed by atoms with Gasteiger partial charge in [-0.25, -0.2) is 4.98 Å². The highest BCUT2D eigenvalue weighted by Gasteiger charge is 2.13. The molecular weight excluding hydrogens is 252 g/mol. The normalized spacial score (nSPS) is 11.9. The first-order valence-corrected chi connectivity index (χ1v) is 7.15. The van der Waals surface area contributed by atoms with Gasteiger partial charge in [0.05, 0.1) is 11.9 Å². The monoisotopic (exact) mass is 272 g/mol. The molecule has 0 aliphatic heterocycles. The number of nitrogens with zero attached hydrogens (tertiary/aromatic N) is 2. The lowest BCUT2D eigenvalue weighted by atomic mass is 10.2. The Kier molecular flexibility index (Phi) is 4.92. The van der Waals surface area contributed by atoms with Gasteiger partial charge in [0, 0.05) is 20.6 Å². The molecule has 18 heavy (non-hydrogen) atoms. The summed E-state index contributed by atoms with van der Waals surface area (Å²) in [6, 6.07) is 3.42. The lowest BCUT2D eigenvalue weighted by molar-refractivity contribution is 0.526. The third-order valence-corrected chi connectivity index (χ3v) is 3.62. The van der Waals surface area contributed by atoms with Gasteiger partial charge in [-0.1, -0.05) is 13.8 Å². The Balaban J connectivity index is 2.66. The van der Waals surface area contributed by atoms with Crippen molar-refractivity contribution in [1.82, 2.24) is 9.29 Å². The minimum atomic E-state index is -3.49. The van der Waals surface area contributed by atoms with Crippen molar-refractivity contribution < 1.29 is 8.42 Å². The molecule has 0 spiro atoms. The first-order valence-electron chi connectivity index (χ1n) is 5.71. The lowest BCUT2D eigenvalue weighted by Gasteiger charge is -2.13. The van der Waals surface area contributed by atoms with Gasteiger partial charge >= 0.3 is 10.2 Å². The minimum absolute atomic E-state index is 0.304. The molecule has 0 aliphatic rings. The van der Waals surface area contributed by atoms with Gasteiger partial charge in [0.1, 0.15) is 5.82 Å². The zero-order valence-electron chi connectivity index (χ0n) is 11.1. The van der Waals surface area contributed by atoms with E-state index in [1.54, 1.807) is 18.3 Å². The summed E-state index contributed by atoms with van der Waals surface area (Å²) < 4.78 is 26.6. The van der Waals surface area contributed by atoms with Gasteiger partial charge in [0.2, 0.25) is 0 Å². The van der Waals surface area contributed by atoms with E-state index in [0.717, 1.165) is 16.5 Å². The molecule has 0 aromatic carbocycles. The Labute approximate surface area is 109 Å². The molecule has 1 rings (SSSR count). The van der Waals surface area contributed by atoms with Gasteiger partial charge in [-0.15, -0.1) is 0 Å². The molecule has 1 aromatic heterocycles. The number of hydrogen-bond acceptors (Lipinski definition) is 4. The zero-order valence-corrected chi connectivity index (χ0v) is 12.0. The molecule has 1 heterocycles. The van der Waals surface area contributed by atoms with E-state index >= 15 is 0 Å². The highest BCUT2D eigenvalue weighted by atomic mass is 32.2. The molecule has 0 radical (unpaired) electrons. The summed E-state index contributed by atoms with van der Waals surface area (Å²) in [4.78, 5) is 4.04. The van der Waals surface area contributed by atoms with E-state index in [4.69, 9.17) is 0 Å². The second-order valence-electron chi connectivity index (χ2n) is 4.60. The van der Waals surface area contributed by atoms with E-state index in [1.165, 1.54) is 14.1 Å². The molecule has 0 saturated carbocycles. The highest BCUT2D eigenvalue weighted by Crippen LogP contribution is 2.12. The standard InChI is InChI=1S/C11H20N4O2S/c1-9(2)7-12-10-5-6-11(13-8-10)14-18(16,17)15(3)4/h5-6,8-9,12H,7H2,1-4H3,(H,13,14). The van der Waals surface area contributed by atoms with E-state index in [-0.39, 0.29) is 0 Å². The van der Waals surface area contributed by atoms with Crippen LogP contribution in [0.5, 0.6) is 0 Å². The minimum Gasteiger partial charge on any atom is -0.384 e. The molecule has 2 N–H and O–H groups in total. The summed E-state index contributed by atoms with van der Waals surface area (Å²) in [5.41, 5.74) is 0.872. The van der Waals surface area contributed by atoms with E-state index in [2.05, 4.69) is 28.9 Å². The van der Waals surface area contributed by atoms with Gasteiger partial charge in [0.25, 0.3) is 0 Å². The van der Waals surface area contributed by atoms with Crippen LogP contribution in [0.3, 0.4) is 0 Å². The fourth-order valence-corrected chi connectivity index (χ4v) is 1.67. The number of rotatable bonds is 6. The second kappa shape index (κ2) is 6.01. The lowest BCUT2D eigenvalue weighted by Crippen LogP contribution is -2.29. The van der Waals surface area contributed by atoms with E-state index in [9.17, 15) is 8.42 Å². The first-order chi connectivity index (χ1) is 8.31. The van der Waals surface area contributed by atoms with Crippen molar-refractivity contribution in [2.24, 2.45) is 5.92 Å². The van der Waals surface area contributed by atoms with E-state index < -0.39 is 10.2 Å². The summed E-state index contributed by atoms with van der Waals surface area (Å²) in [6.07, 6.45) is 1.61. The quantitative estimate of drug-likeness (QED) is 0.820. The Hall–Kier alpha value is -1.34. The predicted molar refractivity (Wildman–Crippen MR) is 73.8 cm³/mol. The summed E-state index contributed by atoms with van der Waals surface area (Å²) in [5.74, 6) is 0.843. The molecule has 0 aliphatic carbocycles. The van der Waals surface area contributed by atoms with Crippen molar-refractivity contribution >= 4 is 21.7 Å². The molecule has 6 nitrogen and oxygen atoms in total. The maximum absolute atomic E-state index is 11.6. The van der Waals surface area contributed by atoms with E-state index in [0.29, 0.717) is 11.7 Å². The molecule has 0 fully saturated rings. The van der Waals surface area contributed by atoms with Crippen LogP contribution in [-0.2, 0) is 10.2 Å². The van der Waals surface area contributed by atoms with Gasteiger partial charge < -0.3 is 5.32 Å². The topological polar surface area (TPSA) is 74.3 Å². The number of hydrogen-bond donors (Lipinski definition) is 2. The van der Waals surface area contributed by atoms with Crippen LogP contribution < -0.4 is 10.0 Å². The van der Waals surface area contributed by atoms with Crippen LogP contribution in [0.4, 0.5) is 11.5 Å². The number of aromatic nitrogens is 1. The first kappa shape index (κ1) is 14.7. The van der Waals surface area contributed by atoms with Gasteiger partial charge in [-0.3, -0.25) is 4.72 Å². The molecule has 102 valence electrons. The van der Waals surface area contributed by atoms with Crippen LogP contribution >= 0.6 is 0 Å².